The van der Waals surface area contributed by atoms with Gasteiger partial charge in [0.25, 0.3) is 0 Å². The van der Waals surface area contributed by atoms with Gasteiger partial charge in [-0.3, -0.25) is 4.98 Å². The summed E-state index contributed by atoms with van der Waals surface area (Å²) in [7, 11) is -1.78. The van der Waals surface area contributed by atoms with Crippen molar-refractivity contribution in [2.75, 3.05) is 0 Å². The van der Waals surface area contributed by atoms with Gasteiger partial charge in [0, 0.05) is 44.2 Å². The van der Waals surface area contributed by atoms with Gasteiger partial charge >= 0.3 is 0 Å². The number of pyridine rings is 1. The van der Waals surface area contributed by atoms with Gasteiger partial charge in [-0.25, -0.2) is 0 Å². The van der Waals surface area contributed by atoms with Crippen LogP contribution in [0.1, 0.15) is 82.5 Å². The quantitative estimate of drug-likeness (QED) is 0.113. The number of aryl methyl sites for hydroxylation is 1. The number of hydrogen-bond donors (Lipinski definition) is 0. The summed E-state index contributed by atoms with van der Waals surface area (Å²) >= 11 is 0. The molecule has 0 aliphatic heterocycles. The van der Waals surface area contributed by atoms with E-state index in [-0.39, 0.29) is 31.6 Å². The second kappa shape index (κ2) is 16.9. The fourth-order valence-corrected chi connectivity index (χ4v) is 8.62. The van der Waals surface area contributed by atoms with Crippen LogP contribution in [0.15, 0.2) is 114 Å². The van der Waals surface area contributed by atoms with Crippen LogP contribution in [-0.4, -0.2) is 22.6 Å². The van der Waals surface area contributed by atoms with Crippen LogP contribution in [-0.2, 0) is 26.5 Å². The van der Waals surface area contributed by atoms with Gasteiger partial charge in [0.1, 0.15) is 5.58 Å². The number of fused-ring (bicyclic) bond motifs is 4. The van der Waals surface area contributed by atoms with Crippen LogP contribution in [0.4, 0.5) is 0 Å². The van der Waals surface area contributed by atoms with Gasteiger partial charge in [0.2, 0.25) is 0 Å². The van der Waals surface area contributed by atoms with Crippen molar-refractivity contribution in [2.24, 2.45) is 5.92 Å². The molecular weight excluding hydrogens is 879 g/mol. The van der Waals surface area contributed by atoms with E-state index >= 15 is 0 Å². The van der Waals surface area contributed by atoms with Crippen LogP contribution in [0.5, 0.6) is 0 Å². The van der Waals surface area contributed by atoms with Crippen molar-refractivity contribution in [1.29, 1.82) is 0 Å². The molecule has 0 N–H and O–H groups in total. The van der Waals surface area contributed by atoms with E-state index < -0.39 is 21.3 Å². The zero-order valence-corrected chi connectivity index (χ0v) is 37.1. The van der Waals surface area contributed by atoms with Crippen LogP contribution < -0.4 is 5.19 Å². The Kier molecular flexibility index (Phi) is 10.4. The Morgan fingerprint density at radius 2 is 1.46 bits per heavy atom. The van der Waals surface area contributed by atoms with E-state index in [4.69, 9.17) is 16.3 Å². The molecular formula is C50H53IrN3OSi-2. The average Bonchev–Trinajstić information content (AvgIpc) is 3.78. The number of benzene rings is 5. The second-order valence-corrected chi connectivity index (χ2v) is 21.3. The van der Waals surface area contributed by atoms with Crippen molar-refractivity contribution in [3.05, 3.63) is 144 Å². The SMILES string of the molecule is CC(C)c1cccc(C(C)C)c1-n1c(-c2[c-]cc3oc4ccccc4c3c2)nc2ccccc21.[2H]C([2H])([2H])c1c[c-]c(-c2cc(C([2H])([2H])C(C)C)c([Si](C)(C)C)cn2)cc1.[Ir]. The minimum absolute atomic E-state index is 0. The van der Waals surface area contributed by atoms with Gasteiger partial charge in [-0.15, -0.1) is 59.2 Å². The Hall–Kier alpha value is -4.61. The molecule has 1 radical (unpaired) electrons. The van der Waals surface area contributed by atoms with Crippen LogP contribution >= 0.6 is 0 Å². The number of imidazole rings is 1. The summed E-state index contributed by atoms with van der Waals surface area (Å²) in [5, 5.41) is 3.21. The smallest absolute Gasteiger partial charge is 0.120 e. The maximum atomic E-state index is 8.59. The Bertz CT molecular complexity index is 2790. The molecule has 6 heteroatoms. The summed E-state index contributed by atoms with van der Waals surface area (Å²) in [6.07, 6.45) is 0.328. The zero-order chi connectivity index (χ0) is 43.3. The van der Waals surface area contributed by atoms with Gasteiger partial charge in [-0.2, -0.15) is 0 Å². The van der Waals surface area contributed by atoms with E-state index in [1.807, 2.05) is 38.1 Å². The molecule has 0 unspecified atom stereocenters. The van der Waals surface area contributed by atoms with Crippen LogP contribution in [0.3, 0.4) is 0 Å². The molecule has 0 bridgehead atoms. The van der Waals surface area contributed by atoms with Crippen LogP contribution in [0, 0.1) is 24.9 Å². The van der Waals surface area contributed by atoms with E-state index in [1.165, 1.54) is 22.9 Å². The van der Waals surface area contributed by atoms with Crippen molar-refractivity contribution >= 4 is 46.2 Å². The molecule has 8 rings (SSSR count). The molecule has 0 amide bonds. The van der Waals surface area contributed by atoms with Crippen molar-refractivity contribution in [3.8, 4) is 28.3 Å². The van der Waals surface area contributed by atoms with Crippen molar-refractivity contribution < 1.29 is 31.4 Å². The molecule has 5 aromatic carbocycles. The molecule has 4 nitrogen and oxygen atoms in total. The normalized spacial score (nSPS) is 13.6. The monoisotopic (exact) mass is 937 g/mol. The fraction of sp³-hybridized carbons (Fsp3) is 0.280. The van der Waals surface area contributed by atoms with Gasteiger partial charge in [0.15, 0.2) is 0 Å². The van der Waals surface area contributed by atoms with E-state index in [9.17, 15) is 0 Å². The molecule has 3 heterocycles. The molecule has 8 aromatic rings. The van der Waals surface area contributed by atoms with Gasteiger partial charge in [-0.1, -0.05) is 134 Å². The van der Waals surface area contributed by atoms with Gasteiger partial charge < -0.3 is 14.0 Å². The minimum Gasteiger partial charge on any atom is -0.500 e. The molecule has 0 atom stereocenters. The summed E-state index contributed by atoms with van der Waals surface area (Å²) < 4.78 is 48.0. The molecule has 289 valence electrons. The molecule has 0 saturated carbocycles. The Morgan fingerprint density at radius 3 is 2.12 bits per heavy atom. The average molecular weight is 937 g/mol. The summed E-state index contributed by atoms with van der Waals surface area (Å²) in [5.74, 6) is 1.50. The number of para-hydroxylation sites is 4. The molecule has 56 heavy (non-hydrogen) atoms. The summed E-state index contributed by atoms with van der Waals surface area (Å²) in [5.41, 5.74) is 10.9. The fourth-order valence-electron chi connectivity index (χ4n) is 7.22. The van der Waals surface area contributed by atoms with E-state index in [1.54, 1.807) is 18.3 Å². The van der Waals surface area contributed by atoms with E-state index in [0.717, 1.165) is 49.5 Å². The van der Waals surface area contributed by atoms with E-state index in [2.05, 4.69) is 130 Å². The zero-order valence-electron chi connectivity index (χ0n) is 38.7. The first kappa shape index (κ1) is 34.6. The van der Waals surface area contributed by atoms with Crippen LogP contribution in [0.25, 0.3) is 61.3 Å². The standard InChI is InChI=1S/C31H27N2O.C19H26NSi.Ir/c1-19(2)22-11-9-12-23(20(3)4)30(22)33-27-14-7-6-13-26(27)32-31(33)21-16-17-29-25(18-21)24-10-5-8-15-28(24)34-29;1-14(2)11-17-12-18(16-9-7-15(3)8-10-16)20-13-19(17)21(4,5)6;/h5-15,17-20H,1-4H3;7-9,12-14H,11H2,1-6H3;/q2*-1;/i;3D3,11D2;. The number of furan rings is 1. The number of aromatic nitrogens is 3. The minimum atomic E-state index is -2.16. The molecule has 0 aliphatic rings. The Balaban J connectivity index is 0.000000209. The molecule has 0 saturated heterocycles. The first-order valence-electron chi connectivity index (χ1n) is 21.7. The van der Waals surface area contributed by atoms with Crippen LogP contribution in [0.2, 0.25) is 19.6 Å². The topological polar surface area (TPSA) is 43.9 Å². The number of nitrogens with zero attached hydrogens (tertiary/aromatic N) is 3. The van der Waals surface area contributed by atoms with Crippen molar-refractivity contribution in [2.45, 2.75) is 86.2 Å². The molecule has 0 fully saturated rings. The van der Waals surface area contributed by atoms with Gasteiger partial charge in [-0.05, 0) is 64.3 Å². The predicted octanol–water partition coefficient (Wildman–Crippen LogP) is 13.2. The summed E-state index contributed by atoms with van der Waals surface area (Å²) in [6, 6.07) is 40.4. The first-order chi connectivity index (χ1) is 28.3. The third-order valence-corrected chi connectivity index (χ3v) is 11.9. The number of rotatable bonds is 8. The Labute approximate surface area is 354 Å². The molecule has 3 aromatic heterocycles. The molecule has 0 aliphatic carbocycles. The van der Waals surface area contributed by atoms with E-state index in [0.29, 0.717) is 28.7 Å². The number of hydrogen-bond acceptors (Lipinski definition) is 3. The molecule has 0 spiro atoms. The Morgan fingerprint density at radius 1 is 0.768 bits per heavy atom. The largest absolute Gasteiger partial charge is 0.500 e. The van der Waals surface area contributed by atoms with Gasteiger partial charge in [0.05, 0.1) is 30.5 Å². The maximum absolute atomic E-state index is 8.59. The first-order valence-corrected chi connectivity index (χ1v) is 22.7. The predicted molar refractivity (Wildman–Crippen MR) is 236 cm³/mol. The van der Waals surface area contributed by atoms with Crippen molar-refractivity contribution in [1.82, 2.24) is 14.5 Å². The third-order valence-electron chi connectivity index (χ3n) is 9.92. The van der Waals surface area contributed by atoms with Crippen molar-refractivity contribution in [3.63, 3.8) is 0 Å². The summed E-state index contributed by atoms with van der Waals surface area (Å²) in [6.45, 7) is 17.2. The maximum Gasteiger partial charge on any atom is 0.120 e. The second-order valence-electron chi connectivity index (χ2n) is 16.2. The third kappa shape index (κ3) is 8.39. The summed E-state index contributed by atoms with van der Waals surface area (Å²) in [4.78, 5) is 9.67.